The maximum atomic E-state index is 13.3. The van der Waals surface area contributed by atoms with Gasteiger partial charge in [0.25, 0.3) is 5.91 Å². The van der Waals surface area contributed by atoms with Crippen LogP contribution in [0.1, 0.15) is 26.7 Å². The van der Waals surface area contributed by atoms with E-state index in [9.17, 15) is 22.8 Å². The minimum Gasteiger partial charge on any atom is -0.346 e. The Hall–Kier alpha value is -3.36. The number of carbonyl (C=O) groups excluding carboxylic acids is 2. The predicted molar refractivity (Wildman–Crippen MR) is 110 cm³/mol. The number of rotatable bonds is 5. The summed E-state index contributed by atoms with van der Waals surface area (Å²) in [5.41, 5.74) is 2.06. The highest BCUT2D eigenvalue weighted by atomic mass is 19.3. The summed E-state index contributed by atoms with van der Waals surface area (Å²) in [5.74, 6) is -5.49. The first kappa shape index (κ1) is 20.9. The number of halogens is 3. The maximum absolute atomic E-state index is 13.3. The molecule has 6 nitrogen and oxygen atoms in total. The molecule has 1 aliphatic heterocycles. The summed E-state index contributed by atoms with van der Waals surface area (Å²) in [7, 11) is 0. The fourth-order valence-corrected chi connectivity index (χ4v) is 3.99. The Labute approximate surface area is 176 Å². The van der Waals surface area contributed by atoms with Crippen LogP contribution >= 0.6 is 0 Å². The minimum absolute atomic E-state index is 0.0484. The summed E-state index contributed by atoms with van der Waals surface area (Å²) in [5, 5.41) is 7.43. The second-order valence-corrected chi connectivity index (χ2v) is 7.69. The van der Waals surface area contributed by atoms with E-state index in [1.165, 1.54) is 12.1 Å². The molecule has 31 heavy (non-hydrogen) atoms. The van der Waals surface area contributed by atoms with E-state index in [1.807, 2.05) is 6.92 Å². The monoisotopic (exact) mass is 430 g/mol. The quantitative estimate of drug-likeness (QED) is 0.669. The van der Waals surface area contributed by atoms with Crippen LogP contribution in [0.2, 0.25) is 0 Å². The van der Waals surface area contributed by atoms with Gasteiger partial charge in [-0.2, -0.15) is 13.9 Å². The van der Waals surface area contributed by atoms with E-state index in [0.29, 0.717) is 24.7 Å². The molecule has 9 heteroatoms. The van der Waals surface area contributed by atoms with Gasteiger partial charge in [0.05, 0.1) is 29.5 Å². The van der Waals surface area contributed by atoms with Crippen molar-refractivity contribution in [1.82, 2.24) is 15.1 Å². The number of nitrogens with zero attached hydrogens (tertiary/aromatic N) is 3. The molecule has 0 bridgehead atoms. The van der Waals surface area contributed by atoms with Gasteiger partial charge in [0.2, 0.25) is 5.91 Å². The molecule has 0 spiro atoms. The van der Waals surface area contributed by atoms with Gasteiger partial charge in [-0.3, -0.25) is 9.59 Å². The van der Waals surface area contributed by atoms with E-state index in [0.717, 1.165) is 10.9 Å². The number of benzene rings is 2. The Morgan fingerprint density at radius 2 is 1.87 bits per heavy atom. The molecule has 4 rings (SSSR count). The van der Waals surface area contributed by atoms with Gasteiger partial charge in [0, 0.05) is 24.4 Å². The van der Waals surface area contributed by atoms with Gasteiger partial charge in [0.15, 0.2) is 0 Å². The zero-order valence-corrected chi connectivity index (χ0v) is 17.0. The van der Waals surface area contributed by atoms with Crippen LogP contribution in [0.4, 0.5) is 18.9 Å². The standard InChI is InChI=1S/C22H21F3N4O2/c1-3-18-17(27-21(31)22(2,24)25)11-20(30)28(18)16-8-9-19-13(10-16)12-26-29(19)15-6-4-14(23)5-7-15/h4-10,12,17-18H,3,11H2,1-2H3,(H,27,31). The van der Waals surface area contributed by atoms with Crippen molar-refractivity contribution in [3.63, 3.8) is 0 Å². The lowest BCUT2D eigenvalue weighted by molar-refractivity contribution is -0.143. The van der Waals surface area contributed by atoms with Crippen LogP contribution in [0.5, 0.6) is 0 Å². The molecule has 2 atom stereocenters. The van der Waals surface area contributed by atoms with E-state index < -0.39 is 23.9 Å². The highest BCUT2D eigenvalue weighted by Gasteiger charge is 2.43. The lowest BCUT2D eigenvalue weighted by Crippen LogP contribution is -2.49. The molecule has 1 aromatic heterocycles. The molecule has 1 N–H and O–H groups in total. The third kappa shape index (κ3) is 3.87. The molecule has 3 aromatic rings. The van der Waals surface area contributed by atoms with E-state index in [-0.39, 0.29) is 18.1 Å². The third-order valence-electron chi connectivity index (χ3n) is 5.49. The van der Waals surface area contributed by atoms with Crippen molar-refractivity contribution in [3.05, 3.63) is 54.5 Å². The molecule has 0 saturated carbocycles. The number of fused-ring (bicyclic) bond motifs is 1. The van der Waals surface area contributed by atoms with Gasteiger partial charge in [0.1, 0.15) is 5.82 Å². The zero-order chi connectivity index (χ0) is 22.3. The highest BCUT2D eigenvalue weighted by Crippen LogP contribution is 2.32. The summed E-state index contributed by atoms with van der Waals surface area (Å²) in [4.78, 5) is 26.0. The lowest BCUT2D eigenvalue weighted by Gasteiger charge is -2.28. The van der Waals surface area contributed by atoms with E-state index >= 15 is 0 Å². The molecule has 1 saturated heterocycles. The molecule has 2 aromatic carbocycles. The number of anilines is 1. The van der Waals surface area contributed by atoms with Crippen molar-refractivity contribution in [2.24, 2.45) is 0 Å². The molecule has 1 aliphatic rings. The minimum atomic E-state index is -3.51. The van der Waals surface area contributed by atoms with Gasteiger partial charge < -0.3 is 10.2 Å². The Kier molecular flexibility index (Phi) is 5.20. The first-order valence-corrected chi connectivity index (χ1v) is 9.93. The number of hydrogen-bond donors (Lipinski definition) is 1. The fraction of sp³-hybridized carbons (Fsp3) is 0.318. The maximum Gasteiger partial charge on any atom is 0.321 e. The van der Waals surface area contributed by atoms with Crippen molar-refractivity contribution in [3.8, 4) is 5.69 Å². The first-order chi connectivity index (χ1) is 14.7. The Morgan fingerprint density at radius 3 is 2.52 bits per heavy atom. The summed E-state index contributed by atoms with van der Waals surface area (Å²) >= 11 is 0. The molecule has 1 fully saturated rings. The van der Waals surface area contributed by atoms with Gasteiger partial charge in [-0.25, -0.2) is 9.07 Å². The van der Waals surface area contributed by atoms with Gasteiger partial charge >= 0.3 is 5.92 Å². The molecule has 0 radical (unpaired) electrons. The molecule has 2 amide bonds. The summed E-state index contributed by atoms with van der Waals surface area (Å²) in [6.45, 7) is 2.37. The van der Waals surface area contributed by atoms with E-state index in [2.05, 4.69) is 10.4 Å². The number of carbonyl (C=O) groups is 2. The largest absolute Gasteiger partial charge is 0.346 e. The number of hydrogen-bond acceptors (Lipinski definition) is 3. The summed E-state index contributed by atoms with van der Waals surface area (Å²) < 4.78 is 41.5. The average Bonchev–Trinajstić information content (AvgIpc) is 3.27. The van der Waals surface area contributed by atoms with Crippen molar-refractivity contribution >= 4 is 28.4 Å². The van der Waals surface area contributed by atoms with Gasteiger partial charge in [-0.15, -0.1) is 0 Å². The molecule has 162 valence electrons. The van der Waals surface area contributed by atoms with Crippen LogP contribution in [0.15, 0.2) is 48.7 Å². The van der Waals surface area contributed by atoms with E-state index in [1.54, 1.807) is 46.1 Å². The SMILES string of the molecule is CCC1C(NC(=O)C(C)(F)F)CC(=O)N1c1ccc2c(cnn2-c2ccc(F)cc2)c1. The van der Waals surface area contributed by atoms with Gasteiger partial charge in [-0.05, 0) is 48.9 Å². The van der Waals surface area contributed by atoms with Crippen molar-refractivity contribution in [2.75, 3.05) is 4.90 Å². The second kappa shape index (κ2) is 7.72. The Bertz CT molecular complexity index is 1140. The van der Waals surface area contributed by atoms with E-state index in [4.69, 9.17) is 0 Å². The number of aromatic nitrogens is 2. The zero-order valence-electron chi connectivity index (χ0n) is 17.0. The smallest absolute Gasteiger partial charge is 0.321 e. The van der Waals surface area contributed by atoms with Crippen molar-refractivity contribution in [1.29, 1.82) is 0 Å². The molecule has 2 heterocycles. The van der Waals surface area contributed by atoms with Crippen LogP contribution in [0.25, 0.3) is 16.6 Å². The van der Waals surface area contributed by atoms with Crippen LogP contribution in [-0.4, -0.2) is 39.6 Å². The number of nitrogens with one attached hydrogen (secondary N) is 1. The predicted octanol–water partition coefficient (Wildman–Crippen LogP) is 3.82. The van der Waals surface area contributed by atoms with Crippen molar-refractivity contribution < 1.29 is 22.8 Å². The van der Waals surface area contributed by atoms with Crippen molar-refractivity contribution in [2.45, 2.75) is 44.7 Å². The first-order valence-electron chi connectivity index (χ1n) is 9.93. The molecular formula is C22H21F3N4O2. The third-order valence-corrected chi connectivity index (χ3v) is 5.49. The highest BCUT2D eigenvalue weighted by molar-refractivity contribution is 6.00. The van der Waals surface area contributed by atoms with Crippen LogP contribution in [0.3, 0.4) is 0 Å². The summed E-state index contributed by atoms with van der Waals surface area (Å²) in [6.07, 6.45) is 2.08. The Morgan fingerprint density at radius 1 is 1.19 bits per heavy atom. The molecular weight excluding hydrogens is 409 g/mol. The van der Waals surface area contributed by atoms with Crippen LogP contribution in [-0.2, 0) is 9.59 Å². The van der Waals surface area contributed by atoms with Crippen LogP contribution in [0, 0.1) is 5.82 Å². The number of amides is 2. The fourth-order valence-electron chi connectivity index (χ4n) is 3.99. The summed E-state index contributed by atoms with van der Waals surface area (Å²) in [6, 6.07) is 10.1. The normalized spacial score (nSPS) is 19.3. The lowest BCUT2D eigenvalue weighted by atomic mass is 10.1. The topological polar surface area (TPSA) is 67.2 Å². The molecule has 2 unspecified atom stereocenters. The number of alkyl halides is 2. The second-order valence-electron chi connectivity index (χ2n) is 7.69. The average molecular weight is 430 g/mol. The molecule has 0 aliphatic carbocycles. The van der Waals surface area contributed by atoms with Gasteiger partial charge in [-0.1, -0.05) is 6.92 Å². The Balaban J connectivity index is 1.64. The van der Waals surface area contributed by atoms with Crippen LogP contribution < -0.4 is 10.2 Å².